The number of halogens is 1. The molecule has 1 saturated carbocycles. The van der Waals surface area contributed by atoms with Crippen LogP contribution in [0.5, 0.6) is 5.75 Å². The van der Waals surface area contributed by atoms with E-state index in [1.54, 1.807) is 23.1 Å². The van der Waals surface area contributed by atoms with Crippen LogP contribution in [0.1, 0.15) is 54.0 Å². The molecule has 0 aromatic heterocycles. The zero-order valence-corrected chi connectivity index (χ0v) is 18.7. The van der Waals surface area contributed by atoms with Gasteiger partial charge in [-0.1, -0.05) is 42.6 Å². The Kier molecular flexibility index (Phi) is 5.80. The fourth-order valence-electron chi connectivity index (χ4n) is 4.93. The first-order chi connectivity index (χ1) is 14.8. The van der Waals surface area contributed by atoms with Crippen molar-refractivity contribution in [2.24, 2.45) is 0 Å². The van der Waals surface area contributed by atoms with Gasteiger partial charge in [-0.2, -0.15) is 0 Å². The van der Waals surface area contributed by atoms with Crippen LogP contribution in [0.2, 0.25) is 5.02 Å². The molecule has 1 aliphatic heterocycles. The predicted octanol–water partition coefficient (Wildman–Crippen LogP) is 5.33. The minimum Gasteiger partial charge on any atom is -0.507 e. The highest BCUT2D eigenvalue weighted by molar-refractivity contribution is 6.46. The minimum atomic E-state index is -0.662. The van der Waals surface area contributed by atoms with Crippen LogP contribution >= 0.6 is 11.6 Å². The Labute approximate surface area is 187 Å². The molecule has 1 amide bonds. The van der Waals surface area contributed by atoms with Gasteiger partial charge in [0.2, 0.25) is 0 Å². The van der Waals surface area contributed by atoms with E-state index in [-0.39, 0.29) is 17.4 Å². The first-order valence-corrected chi connectivity index (χ1v) is 10.9. The van der Waals surface area contributed by atoms with E-state index in [0.717, 1.165) is 42.4 Å². The number of likely N-dealkylation sites (tertiary alicyclic amines) is 1. The second kappa shape index (κ2) is 8.39. The zero-order valence-electron chi connectivity index (χ0n) is 17.9. The van der Waals surface area contributed by atoms with Gasteiger partial charge in [-0.15, -0.1) is 0 Å². The number of benzene rings is 2. The third-order valence-electron chi connectivity index (χ3n) is 6.26. The van der Waals surface area contributed by atoms with Gasteiger partial charge in [-0.25, -0.2) is 0 Å². The number of nitrogens with zero attached hydrogens (tertiary/aromatic N) is 1. The molecule has 1 heterocycles. The molecule has 4 rings (SSSR count). The molecule has 31 heavy (non-hydrogen) atoms. The molecule has 1 unspecified atom stereocenters. The summed E-state index contributed by atoms with van der Waals surface area (Å²) in [5.41, 5.74) is 3.04. The average Bonchev–Trinajstić information content (AvgIpc) is 3.35. The van der Waals surface area contributed by atoms with Crippen LogP contribution in [-0.4, -0.2) is 34.8 Å². The van der Waals surface area contributed by atoms with Gasteiger partial charge < -0.3 is 14.7 Å². The molecule has 0 bridgehead atoms. The van der Waals surface area contributed by atoms with Crippen molar-refractivity contribution in [2.75, 3.05) is 7.11 Å². The molecule has 1 saturated heterocycles. The number of hydrogen-bond acceptors (Lipinski definition) is 4. The fraction of sp³-hybridized carbons (Fsp3) is 0.360. The van der Waals surface area contributed by atoms with Gasteiger partial charge in [0.15, 0.2) is 0 Å². The van der Waals surface area contributed by atoms with Crippen LogP contribution in [0, 0.1) is 13.8 Å². The van der Waals surface area contributed by atoms with E-state index in [1.165, 1.54) is 7.11 Å². The van der Waals surface area contributed by atoms with Crippen molar-refractivity contribution in [1.29, 1.82) is 0 Å². The number of ether oxygens (including phenoxy) is 1. The van der Waals surface area contributed by atoms with Crippen molar-refractivity contribution in [3.63, 3.8) is 0 Å². The van der Waals surface area contributed by atoms with E-state index in [1.807, 2.05) is 32.0 Å². The molecular formula is C25H26ClNO4. The normalized spacial score (nSPS) is 21.2. The van der Waals surface area contributed by atoms with Gasteiger partial charge in [0, 0.05) is 11.1 Å². The van der Waals surface area contributed by atoms with Crippen LogP contribution in [-0.2, 0) is 9.59 Å². The van der Waals surface area contributed by atoms with Crippen LogP contribution < -0.4 is 4.74 Å². The number of aliphatic hydroxyl groups is 1. The van der Waals surface area contributed by atoms with Crippen LogP contribution in [0.4, 0.5) is 0 Å². The van der Waals surface area contributed by atoms with E-state index in [4.69, 9.17) is 16.3 Å². The van der Waals surface area contributed by atoms with E-state index >= 15 is 0 Å². The Morgan fingerprint density at radius 3 is 2.35 bits per heavy atom. The molecule has 2 fully saturated rings. The number of aryl methyl sites for hydroxylation is 2. The number of Topliss-reactive ketones (excluding diaryl/α,β-unsaturated/α-hetero) is 1. The summed E-state index contributed by atoms with van der Waals surface area (Å²) in [7, 11) is 1.53. The van der Waals surface area contributed by atoms with E-state index in [9.17, 15) is 14.7 Å². The van der Waals surface area contributed by atoms with Gasteiger partial charge in [0.1, 0.15) is 11.5 Å². The number of methoxy groups -OCH3 is 1. The number of amides is 1. The number of carbonyl (C=O) groups excluding carboxylic acids is 2. The standard InChI is InChI=1S/C25H26ClNO4/c1-14-12-15(2)24(31-3)19(13-14)22(28)20-21(16-8-10-17(26)11-9-16)27(25(30)23(20)29)18-6-4-5-7-18/h8-13,18,21,28H,4-7H2,1-3H3/b22-20+. The Bertz CT molecular complexity index is 1070. The Balaban J connectivity index is 1.95. The molecule has 162 valence electrons. The quantitative estimate of drug-likeness (QED) is 0.397. The molecule has 1 atom stereocenters. The summed E-state index contributed by atoms with van der Waals surface area (Å²) in [5.74, 6) is -0.935. The summed E-state index contributed by atoms with van der Waals surface area (Å²) in [6.07, 6.45) is 3.74. The molecule has 5 nitrogen and oxygen atoms in total. The number of hydrogen-bond donors (Lipinski definition) is 1. The number of aliphatic hydroxyl groups excluding tert-OH is 1. The van der Waals surface area contributed by atoms with E-state index < -0.39 is 17.7 Å². The molecule has 2 aromatic rings. The van der Waals surface area contributed by atoms with Crippen molar-refractivity contribution in [3.05, 3.63) is 69.2 Å². The summed E-state index contributed by atoms with van der Waals surface area (Å²) in [6, 6.07) is 10.1. The first-order valence-electron chi connectivity index (χ1n) is 10.5. The molecule has 0 spiro atoms. The second-order valence-corrected chi connectivity index (χ2v) is 8.80. The molecule has 1 aliphatic carbocycles. The third kappa shape index (κ3) is 3.72. The third-order valence-corrected chi connectivity index (χ3v) is 6.51. The van der Waals surface area contributed by atoms with Gasteiger partial charge in [0.25, 0.3) is 11.7 Å². The second-order valence-electron chi connectivity index (χ2n) is 8.36. The lowest BCUT2D eigenvalue weighted by Crippen LogP contribution is -2.37. The average molecular weight is 440 g/mol. The first kappa shape index (κ1) is 21.4. The lowest BCUT2D eigenvalue weighted by Gasteiger charge is -2.31. The molecule has 1 N–H and O–H groups in total. The van der Waals surface area contributed by atoms with Crippen LogP contribution in [0.25, 0.3) is 5.76 Å². The van der Waals surface area contributed by atoms with Crippen molar-refractivity contribution in [1.82, 2.24) is 4.90 Å². The van der Waals surface area contributed by atoms with Gasteiger partial charge >= 0.3 is 0 Å². The van der Waals surface area contributed by atoms with Crippen molar-refractivity contribution < 1.29 is 19.4 Å². The molecule has 0 radical (unpaired) electrons. The summed E-state index contributed by atoms with van der Waals surface area (Å²) in [6.45, 7) is 3.80. The Morgan fingerprint density at radius 2 is 1.74 bits per heavy atom. The molecule has 2 aliphatic rings. The molecule has 2 aromatic carbocycles. The maximum Gasteiger partial charge on any atom is 0.295 e. The topological polar surface area (TPSA) is 66.8 Å². The lowest BCUT2D eigenvalue weighted by molar-refractivity contribution is -0.141. The highest BCUT2D eigenvalue weighted by Crippen LogP contribution is 2.45. The van der Waals surface area contributed by atoms with Gasteiger partial charge in [-0.05, 0) is 61.6 Å². The largest absolute Gasteiger partial charge is 0.507 e. The Morgan fingerprint density at radius 1 is 1.10 bits per heavy atom. The minimum absolute atomic E-state index is 0.0245. The summed E-state index contributed by atoms with van der Waals surface area (Å²) < 4.78 is 5.54. The lowest BCUT2D eigenvalue weighted by atomic mass is 9.93. The smallest absolute Gasteiger partial charge is 0.295 e. The monoisotopic (exact) mass is 439 g/mol. The highest BCUT2D eigenvalue weighted by Gasteiger charge is 2.49. The number of ketones is 1. The Hall–Kier alpha value is -2.79. The summed E-state index contributed by atoms with van der Waals surface area (Å²) in [4.78, 5) is 28.0. The highest BCUT2D eigenvalue weighted by atomic mass is 35.5. The van der Waals surface area contributed by atoms with Crippen molar-refractivity contribution in [2.45, 2.75) is 51.6 Å². The van der Waals surface area contributed by atoms with Gasteiger partial charge in [-0.3, -0.25) is 9.59 Å². The van der Waals surface area contributed by atoms with Crippen molar-refractivity contribution in [3.8, 4) is 5.75 Å². The molecule has 6 heteroatoms. The van der Waals surface area contributed by atoms with E-state index in [0.29, 0.717) is 16.3 Å². The molecular weight excluding hydrogens is 414 g/mol. The van der Waals surface area contributed by atoms with Crippen molar-refractivity contribution >= 4 is 29.1 Å². The van der Waals surface area contributed by atoms with Crippen LogP contribution in [0.3, 0.4) is 0 Å². The zero-order chi connectivity index (χ0) is 22.3. The SMILES string of the molecule is COc1c(C)cc(C)cc1/C(O)=C1\C(=O)C(=O)N(C2CCCC2)C1c1ccc(Cl)cc1. The maximum absolute atomic E-state index is 13.2. The van der Waals surface area contributed by atoms with E-state index in [2.05, 4.69) is 0 Å². The summed E-state index contributed by atoms with van der Waals surface area (Å²) >= 11 is 6.08. The fourth-order valence-corrected chi connectivity index (χ4v) is 5.05. The number of carbonyl (C=O) groups is 2. The number of rotatable bonds is 4. The maximum atomic E-state index is 13.2. The van der Waals surface area contributed by atoms with Gasteiger partial charge in [0.05, 0.1) is 24.3 Å². The summed E-state index contributed by atoms with van der Waals surface area (Å²) in [5, 5.41) is 12.0. The predicted molar refractivity (Wildman–Crippen MR) is 120 cm³/mol. The van der Waals surface area contributed by atoms with Crippen LogP contribution in [0.15, 0.2) is 42.0 Å².